The molecule has 1 saturated carbocycles. The zero-order chi connectivity index (χ0) is 20.1. The van der Waals surface area contributed by atoms with Crippen molar-refractivity contribution in [3.05, 3.63) is 70.8 Å². The number of rotatable bonds is 8. The molecular formula is C24H27NO3. The number of hydrogen-bond acceptors (Lipinski definition) is 3. The van der Waals surface area contributed by atoms with Crippen LogP contribution >= 0.6 is 0 Å². The van der Waals surface area contributed by atoms with Crippen molar-refractivity contribution < 1.29 is 14.6 Å². The Balaban J connectivity index is 2.04. The van der Waals surface area contributed by atoms with Crippen molar-refractivity contribution >= 4 is 18.1 Å². The van der Waals surface area contributed by atoms with Gasteiger partial charge in [0.1, 0.15) is 11.5 Å². The summed E-state index contributed by atoms with van der Waals surface area (Å²) in [5.74, 6) is 0.327. The fourth-order valence-electron chi connectivity index (χ4n) is 3.07. The van der Waals surface area contributed by atoms with Gasteiger partial charge in [-0.25, -0.2) is 0 Å². The summed E-state index contributed by atoms with van der Waals surface area (Å²) in [6, 6.07) is 11.9. The van der Waals surface area contributed by atoms with Crippen molar-refractivity contribution in [2.45, 2.75) is 38.6 Å². The average Bonchev–Trinajstić information content (AvgIpc) is 3.49. The Morgan fingerprint density at radius 3 is 2.61 bits per heavy atom. The van der Waals surface area contributed by atoms with Gasteiger partial charge < -0.3 is 15.2 Å². The Kier molecular flexibility index (Phi) is 6.19. The normalized spacial score (nSPS) is 13.5. The van der Waals surface area contributed by atoms with E-state index in [9.17, 15) is 9.90 Å². The third kappa shape index (κ3) is 4.83. The summed E-state index contributed by atoms with van der Waals surface area (Å²) in [6.45, 7) is 5.87. The molecule has 0 heterocycles. The van der Waals surface area contributed by atoms with Crippen molar-refractivity contribution in [2.24, 2.45) is 0 Å². The van der Waals surface area contributed by atoms with Crippen molar-refractivity contribution in [2.75, 3.05) is 7.11 Å². The lowest BCUT2D eigenvalue weighted by Crippen LogP contribution is -2.26. The van der Waals surface area contributed by atoms with Crippen molar-refractivity contribution in [1.82, 2.24) is 5.32 Å². The summed E-state index contributed by atoms with van der Waals surface area (Å²) >= 11 is 0. The molecule has 28 heavy (non-hydrogen) atoms. The van der Waals surface area contributed by atoms with E-state index < -0.39 is 0 Å². The van der Waals surface area contributed by atoms with Crippen LogP contribution in [0.1, 0.15) is 53.2 Å². The second-order valence-electron chi connectivity index (χ2n) is 7.32. The zero-order valence-corrected chi connectivity index (χ0v) is 16.5. The fraction of sp³-hybridized carbons (Fsp3) is 0.292. The Bertz CT molecular complexity index is 896. The highest BCUT2D eigenvalue weighted by Gasteiger charge is 2.28. The molecule has 1 aliphatic rings. The minimum atomic E-state index is -0.244. The molecule has 0 aromatic heterocycles. The summed E-state index contributed by atoms with van der Waals surface area (Å²) in [5, 5.41) is 14.0. The molecular weight excluding hydrogens is 350 g/mol. The average molecular weight is 377 g/mol. The van der Waals surface area contributed by atoms with Gasteiger partial charge in [-0.1, -0.05) is 48.1 Å². The van der Waals surface area contributed by atoms with Gasteiger partial charge in [0.2, 0.25) is 0 Å². The molecule has 1 amide bonds. The van der Waals surface area contributed by atoms with Gasteiger partial charge >= 0.3 is 0 Å². The number of phenolic OH excluding ortho intramolecular Hbond substituents is 1. The van der Waals surface area contributed by atoms with Crippen LogP contribution in [0.4, 0.5) is 0 Å². The first kappa shape index (κ1) is 19.7. The molecule has 146 valence electrons. The second-order valence-corrected chi connectivity index (χ2v) is 7.32. The molecule has 2 N–H and O–H groups in total. The lowest BCUT2D eigenvalue weighted by Gasteiger charge is -2.17. The molecule has 0 aliphatic heterocycles. The lowest BCUT2D eigenvalue weighted by molar-refractivity contribution is 0.0948. The number of carbonyl (C=O) groups is 1. The molecule has 0 atom stereocenters. The van der Waals surface area contributed by atoms with Crippen LogP contribution in [0.5, 0.6) is 11.5 Å². The van der Waals surface area contributed by atoms with E-state index in [0.717, 1.165) is 24.0 Å². The van der Waals surface area contributed by atoms with E-state index in [0.29, 0.717) is 35.3 Å². The van der Waals surface area contributed by atoms with Crippen molar-refractivity contribution in [1.29, 1.82) is 0 Å². The van der Waals surface area contributed by atoms with E-state index in [1.807, 2.05) is 55.5 Å². The molecule has 2 aromatic rings. The van der Waals surface area contributed by atoms with E-state index >= 15 is 0 Å². The van der Waals surface area contributed by atoms with Gasteiger partial charge in [-0.05, 0) is 49.8 Å². The van der Waals surface area contributed by atoms with Crippen LogP contribution in [0.25, 0.3) is 12.2 Å². The topological polar surface area (TPSA) is 58.6 Å². The minimum absolute atomic E-state index is 0.00791. The molecule has 0 bridgehead atoms. The number of allylic oxidation sites excluding steroid dienone is 1. The van der Waals surface area contributed by atoms with E-state index in [-0.39, 0.29) is 17.7 Å². The number of methoxy groups -OCH3 is 1. The number of ether oxygens (including phenoxy) is 1. The molecule has 3 rings (SSSR count). The molecule has 0 unspecified atom stereocenters. The molecule has 2 aromatic carbocycles. The van der Waals surface area contributed by atoms with Crippen LogP contribution in [0.15, 0.2) is 48.6 Å². The number of phenols is 1. The number of benzene rings is 2. The first-order valence-corrected chi connectivity index (χ1v) is 9.60. The van der Waals surface area contributed by atoms with E-state index in [2.05, 4.69) is 11.9 Å². The Labute approximate surface area is 166 Å². The van der Waals surface area contributed by atoms with Crippen molar-refractivity contribution in [3.63, 3.8) is 0 Å². The second kappa shape index (κ2) is 8.79. The van der Waals surface area contributed by atoms with Crippen LogP contribution in [0, 0.1) is 0 Å². The molecule has 1 fully saturated rings. The molecule has 0 radical (unpaired) electrons. The summed E-state index contributed by atoms with van der Waals surface area (Å²) < 4.78 is 5.52. The minimum Gasteiger partial charge on any atom is -0.507 e. The monoisotopic (exact) mass is 377 g/mol. The third-order valence-corrected chi connectivity index (χ3v) is 4.81. The number of aromatic hydroxyl groups is 1. The Morgan fingerprint density at radius 1 is 1.29 bits per heavy atom. The van der Waals surface area contributed by atoms with Crippen LogP contribution in [0.3, 0.4) is 0 Å². The highest BCUT2D eigenvalue weighted by Crippen LogP contribution is 2.37. The Hall–Kier alpha value is -3.01. The molecule has 1 aliphatic carbocycles. The molecule has 4 nitrogen and oxygen atoms in total. The van der Waals surface area contributed by atoms with Gasteiger partial charge in [0.15, 0.2) is 0 Å². The number of carbonyl (C=O) groups excluding carboxylic acids is 1. The third-order valence-electron chi connectivity index (χ3n) is 4.81. The highest BCUT2D eigenvalue weighted by molar-refractivity contribution is 6.02. The largest absolute Gasteiger partial charge is 0.507 e. The lowest BCUT2D eigenvalue weighted by atomic mass is 9.95. The predicted octanol–water partition coefficient (Wildman–Crippen LogP) is 4.97. The number of hydrogen-bond donors (Lipinski definition) is 2. The van der Waals surface area contributed by atoms with Crippen LogP contribution < -0.4 is 10.1 Å². The van der Waals surface area contributed by atoms with E-state index in [4.69, 9.17) is 4.74 Å². The van der Waals surface area contributed by atoms with Crippen LogP contribution in [-0.4, -0.2) is 24.2 Å². The van der Waals surface area contributed by atoms with Gasteiger partial charge in [-0.3, -0.25) is 4.79 Å². The van der Waals surface area contributed by atoms with Crippen LogP contribution in [0.2, 0.25) is 0 Å². The quantitative estimate of drug-likeness (QED) is 0.504. The van der Waals surface area contributed by atoms with Gasteiger partial charge in [0.25, 0.3) is 5.91 Å². The Morgan fingerprint density at radius 2 is 2.00 bits per heavy atom. The van der Waals surface area contributed by atoms with Gasteiger partial charge in [-0.15, -0.1) is 6.58 Å². The SMILES string of the molecule is C=C(C)CCc1c(OC)cc(C=Cc2ccccc2)c(C(=O)NC2CC2)c1O. The van der Waals surface area contributed by atoms with E-state index in [1.54, 1.807) is 7.11 Å². The first-order chi connectivity index (χ1) is 13.5. The smallest absolute Gasteiger partial charge is 0.255 e. The fourth-order valence-corrected chi connectivity index (χ4v) is 3.07. The van der Waals surface area contributed by atoms with Gasteiger partial charge in [0.05, 0.1) is 12.7 Å². The predicted molar refractivity (Wildman–Crippen MR) is 114 cm³/mol. The first-order valence-electron chi connectivity index (χ1n) is 9.60. The number of amides is 1. The maximum atomic E-state index is 12.9. The van der Waals surface area contributed by atoms with Gasteiger partial charge in [0, 0.05) is 11.6 Å². The van der Waals surface area contributed by atoms with Crippen LogP contribution in [-0.2, 0) is 6.42 Å². The molecule has 0 saturated heterocycles. The highest BCUT2D eigenvalue weighted by atomic mass is 16.5. The maximum absolute atomic E-state index is 12.9. The molecule has 4 heteroatoms. The molecule has 0 spiro atoms. The summed E-state index contributed by atoms with van der Waals surface area (Å²) in [5.41, 5.74) is 3.61. The summed E-state index contributed by atoms with van der Waals surface area (Å²) in [7, 11) is 1.58. The number of nitrogens with one attached hydrogen (secondary N) is 1. The maximum Gasteiger partial charge on any atom is 0.255 e. The van der Waals surface area contributed by atoms with Gasteiger partial charge in [-0.2, -0.15) is 0 Å². The summed E-state index contributed by atoms with van der Waals surface area (Å²) in [6.07, 6.45) is 7.03. The standard InChI is InChI=1S/C24H27NO3/c1-16(2)9-14-20-21(28-3)15-18(11-10-17-7-5-4-6-8-17)22(23(20)26)24(27)25-19-12-13-19/h4-8,10-11,15,19,26H,1,9,12-14H2,2-3H3,(H,25,27). The van der Waals surface area contributed by atoms with E-state index in [1.165, 1.54) is 0 Å². The zero-order valence-electron chi connectivity index (χ0n) is 16.5. The van der Waals surface area contributed by atoms with Crippen molar-refractivity contribution in [3.8, 4) is 11.5 Å². The summed E-state index contributed by atoms with van der Waals surface area (Å²) in [4.78, 5) is 12.9.